The molecule has 150 valence electrons. The second-order valence-corrected chi connectivity index (χ2v) is 7.08. The van der Waals surface area contributed by atoms with Crippen molar-refractivity contribution in [1.29, 1.82) is 0 Å². The van der Waals surface area contributed by atoms with E-state index in [1.807, 2.05) is 56.3 Å². The van der Waals surface area contributed by atoms with Crippen LogP contribution < -0.4 is 0 Å². The third-order valence-corrected chi connectivity index (χ3v) is 4.77. The van der Waals surface area contributed by atoms with E-state index in [9.17, 15) is 9.59 Å². The minimum Gasteiger partial charge on any atom is -0.452 e. The van der Waals surface area contributed by atoms with Crippen molar-refractivity contribution in [2.45, 2.75) is 27.3 Å². The van der Waals surface area contributed by atoms with E-state index in [2.05, 4.69) is 11.2 Å². The Kier molecular flexibility index (Phi) is 6.12. The average Bonchev–Trinajstić information content (AvgIpc) is 3.10. The molecule has 0 saturated heterocycles. The lowest BCUT2D eigenvalue weighted by Gasteiger charge is -2.18. The summed E-state index contributed by atoms with van der Waals surface area (Å²) in [6.07, 6.45) is 0. The zero-order valence-corrected chi connectivity index (χ0v) is 17.1. The Balaban J connectivity index is 1.65. The largest absolute Gasteiger partial charge is 0.452 e. The van der Waals surface area contributed by atoms with Gasteiger partial charge in [0.15, 0.2) is 6.61 Å². The van der Waals surface area contributed by atoms with Gasteiger partial charge >= 0.3 is 5.97 Å². The highest BCUT2D eigenvalue weighted by atomic mass is 16.5. The molecule has 6 heteroatoms. The molecule has 3 rings (SSSR count). The van der Waals surface area contributed by atoms with E-state index in [-0.39, 0.29) is 18.1 Å². The molecule has 1 aromatic heterocycles. The Morgan fingerprint density at radius 1 is 1.07 bits per heavy atom. The molecule has 29 heavy (non-hydrogen) atoms. The van der Waals surface area contributed by atoms with Gasteiger partial charge in [-0.05, 0) is 31.9 Å². The minimum atomic E-state index is -0.629. The van der Waals surface area contributed by atoms with Gasteiger partial charge in [0, 0.05) is 19.2 Å². The van der Waals surface area contributed by atoms with E-state index in [0.29, 0.717) is 18.0 Å². The predicted molar refractivity (Wildman–Crippen MR) is 109 cm³/mol. The Morgan fingerprint density at radius 3 is 2.48 bits per heavy atom. The molecule has 3 aromatic rings. The Bertz CT molecular complexity index is 1020. The molecule has 0 fully saturated rings. The lowest BCUT2D eigenvalue weighted by Crippen LogP contribution is -2.31. The van der Waals surface area contributed by atoms with Crippen molar-refractivity contribution in [3.05, 3.63) is 76.5 Å². The van der Waals surface area contributed by atoms with Gasteiger partial charge < -0.3 is 14.2 Å². The standard InChI is InChI=1S/C23H24N2O4/c1-15-10-11-19(16(2)12-15)13-25(4)20(26)14-28-23(27)21-17(3)29-24-22(21)18-8-6-5-7-9-18/h5-12H,13-14H2,1-4H3. The molecular formula is C23H24N2O4. The highest BCUT2D eigenvalue weighted by Crippen LogP contribution is 2.25. The first-order valence-electron chi connectivity index (χ1n) is 9.35. The topological polar surface area (TPSA) is 72.6 Å². The molecular weight excluding hydrogens is 368 g/mol. The molecule has 0 atom stereocenters. The summed E-state index contributed by atoms with van der Waals surface area (Å²) in [4.78, 5) is 26.6. The number of hydrogen-bond donors (Lipinski definition) is 0. The van der Waals surface area contributed by atoms with Crippen LogP contribution in [0.4, 0.5) is 0 Å². The van der Waals surface area contributed by atoms with Crippen LogP contribution in [0.2, 0.25) is 0 Å². The number of rotatable bonds is 6. The quantitative estimate of drug-likeness (QED) is 0.591. The van der Waals surface area contributed by atoms with Crippen molar-refractivity contribution in [3.8, 4) is 11.3 Å². The number of aryl methyl sites for hydroxylation is 3. The maximum absolute atomic E-state index is 12.6. The number of likely N-dealkylation sites (N-methyl/N-ethyl adjacent to an activating group) is 1. The third kappa shape index (κ3) is 4.71. The van der Waals surface area contributed by atoms with E-state index in [4.69, 9.17) is 9.26 Å². The molecule has 2 aromatic carbocycles. The van der Waals surface area contributed by atoms with Crippen LogP contribution in [0.25, 0.3) is 11.3 Å². The van der Waals surface area contributed by atoms with E-state index in [1.165, 1.54) is 5.56 Å². The van der Waals surface area contributed by atoms with Gasteiger partial charge in [0.25, 0.3) is 5.91 Å². The lowest BCUT2D eigenvalue weighted by molar-refractivity contribution is -0.133. The summed E-state index contributed by atoms with van der Waals surface area (Å²) in [7, 11) is 1.69. The highest BCUT2D eigenvalue weighted by Gasteiger charge is 2.24. The first kappa shape index (κ1) is 20.3. The zero-order valence-electron chi connectivity index (χ0n) is 17.1. The van der Waals surface area contributed by atoms with Crippen LogP contribution >= 0.6 is 0 Å². The van der Waals surface area contributed by atoms with E-state index >= 15 is 0 Å². The fourth-order valence-electron chi connectivity index (χ4n) is 3.08. The van der Waals surface area contributed by atoms with Crippen molar-refractivity contribution >= 4 is 11.9 Å². The van der Waals surface area contributed by atoms with E-state index in [0.717, 1.165) is 16.7 Å². The number of esters is 1. The van der Waals surface area contributed by atoms with Gasteiger partial charge in [-0.25, -0.2) is 4.79 Å². The van der Waals surface area contributed by atoms with Crippen LogP contribution in [0.1, 0.15) is 32.8 Å². The van der Waals surface area contributed by atoms with Gasteiger partial charge in [-0.1, -0.05) is 59.3 Å². The fourth-order valence-corrected chi connectivity index (χ4v) is 3.08. The van der Waals surface area contributed by atoms with Crippen molar-refractivity contribution < 1.29 is 18.8 Å². The molecule has 0 aliphatic carbocycles. The number of carbonyl (C=O) groups is 2. The monoisotopic (exact) mass is 392 g/mol. The normalized spacial score (nSPS) is 10.6. The number of amides is 1. The zero-order chi connectivity index (χ0) is 21.0. The number of benzene rings is 2. The van der Waals surface area contributed by atoms with Crippen molar-refractivity contribution in [1.82, 2.24) is 10.1 Å². The molecule has 0 aliphatic rings. The SMILES string of the molecule is Cc1ccc(CN(C)C(=O)COC(=O)c2c(-c3ccccc3)noc2C)c(C)c1. The van der Waals surface area contributed by atoms with Crippen LogP contribution in [0.3, 0.4) is 0 Å². The number of nitrogens with zero attached hydrogens (tertiary/aromatic N) is 2. The molecule has 0 bridgehead atoms. The van der Waals surface area contributed by atoms with Crippen LogP contribution in [0, 0.1) is 20.8 Å². The number of hydrogen-bond acceptors (Lipinski definition) is 5. The fraction of sp³-hybridized carbons (Fsp3) is 0.261. The summed E-state index contributed by atoms with van der Waals surface area (Å²) < 4.78 is 10.5. The van der Waals surface area contributed by atoms with Gasteiger partial charge in [0.2, 0.25) is 0 Å². The van der Waals surface area contributed by atoms with Crippen LogP contribution in [0.15, 0.2) is 53.1 Å². The molecule has 6 nitrogen and oxygen atoms in total. The Morgan fingerprint density at radius 2 is 1.79 bits per heavy atom. The minimum absolute atomic E-state index is 0.237. The highest BCUT2D eigenvalue weighted by molar-refractivity contribution is 5.98. The lowest BCUT2D eigenvalue weighted by atomic mass is 10.1. The van der Waals surface area contributed by atoms with Crippen molar-refractivity contribution in [2.24, 2.45) is 0 Å². The number of ether oxygens (including phenoxy) is 1. The van der Waals surface area contributed by atoms with E-state index < -0.39 is 5.97 Å². The molecule has 0 N–H and O–H groups in total. The first-order valence-corrected chi connectivity index (χ1v) is 9.35. The summed E-state index contributed by atoms with van der Waals surface area (Å²) in [5.41, 5.74) is 4.74. The molecule has 0 unspecified atom stereocenters. The second kappa shape index (κ2) is 8.73. The van der Waals surface area contributed by atoms with Crippen LogP contribution in [-0.4, -0.2) is 35.6 Å². The average molecular weight is 392 g/mol. The predicted octanol–water partition coefficient (Wildman–Crippen LogP) is 4.08. The van der Waals surface area contributed by atoms with Crippen LogP contribution in [0.5, 0.6) is 0 Å². The summed E-state index contributed by atoms with van der Waals surface area (Å²) in [5, 5.41) is 3.97. The first-order chi connectivity index (χ1) is 13.9. The van der Waals surface area contributed by atoms with Gasteiger partial charge in [-0.2, -0.15) is 0 Å². The summed E-state index contributed by atoms with van der Waals surface area (Å²) in [5.74, 6) is -0.561. The van der Waals surface area contributed by atoms with E-state index in [1.54, 1.807) is 18.9 Å². The summed E-state index contributed by atoms with van der Waals surface area (Å²) in [6, 6.07) is 15.3. The number of carbonyl (C=O) groups excluding carboxylic acids is 2. The van der Waals surface area contributed by atoms with Crippen molar-refractivity contribution in [3.63, 3.8) is 0 Å². The molecule has 0 spiro atoms. The summed E-state index contributed by atoms with van der Waals surface area (Å²) in [6.45, 7) is 5.79. The third-order valence-electron chi connectivity index (χ3n) is 4.77. The van der Waals surface area contributed by atoms with Gasteiger partial charge in [-0.3, -0.25) is 4.79 Å². The maximum atomic E-state index is 12.6. The van der Waals surface area contributed by atoms with Crippen molar-refractivity contribution in [2.75, 3.05) is 13.7 Å². The Labute approximate surface area is 170 Å². The molecule has 1 amide bonds. The Hall–Kier alpha value is -3.41. The van der Waals surface area contributed by atoms with Gasteiger partial charge in [0.05, 0.1) is 0 Å². The van der Waals surface area contributed by atoms with Gasteiger partial charge in [0.1, 0.15) is 17.0 Å². The van der Waals surface area contributed by atoms with Gasteiger partial charge in [-0.15, -0.1) is 0 Å². The maximum Gasteiger partial charge on any atom is 0.344 e. The molecule has 0 radical (unpaired) electrons. The summed E-state index contributed by atoms with van der Waals surface area (Å²) >= 11 is 0. The molecule has 1 heterocycles. The molecule has 0 aliphatic heterocycles. The number of aromatic nitrogens is 1. The second-order valence-electron chi connectivity index (χ2n) is 7.08. The smallest absolute Gasteiger partial charge is 0.344 e. The molecule has 0 saturated carbocycles. The van der Waals surface area contributed by atoms with Crippen LogP contribution in [-0.2, 0) is 16.1 Å².